The van der Waals surface area contributed by atoms with E-state index in [4.69, 9.17) is 0 Å². The molecule has 1 atom stereocenters. The largest absolute Gasteiger partial charge is 0.282 e. The van der Waals surface area contributed by atoms with Crippen LogP contribution >= 0.6 is 0 Å². The van der Waals surface area contributed by atoms with Crippen LogP contribution in [0.4, 0.5) is 0 Å². The Hall–Kier alpha value is -2.50. The summed E-state index contributed by atoms with van der Waals surface area (Å²) < 4.78 is 3.76. The van der Waals surface area contributed by atoms with Gasteiger partial charge in [0, 0.05) is 18.6 Å². The van der Waals surface area contributed by atoms with Gasteiger partial charge in [0.05, 0.1) is 11.9 Å². The Morgan fingerprint density at radius 3 is 2.89 bits per heavy atom. The van der Waals surface area contributed by atoms with E-state index in [0.717, 1.165) is 11.5 Å². The maximum Gasteiger partial charge on any atom is 0.162 e. The van der Waals surface area contributed by atoms with Gasteiger partial charge in [0.1, 0.15) is 12.4 Å². The maximum absolute atomic E-state index is 4.23. The van der Waals surface area contributed by atoms with Gasteiger partial charge in [-0.15, -0.1) is 10.2 Å². The normalized spacial score (nSPS) is 12.5. The zero-order valence-electron chi connectivity index (χ0n) is 9.88. The smallest absolute Gasteiger partial charge is 0.162 e. The molecule has 0 N–H and O–H groups in total. The molecule has 0 saturated carbocycles. The quantitative estimate of drug-likeness (QED) is 0.695. The molecule has 0 unspecified atom stereocenters. The van der Waals surface area contributed by atoms with E-state index in [-0.39, 0.29) is 6.04 Å². The molecule has 0 aliphatic carbocycles. The predicted octanol–water partition coefficient (Wildman–Crippen LogP) is 1.47. The topological polar surface area (TPSA) is 61.4 Å². The van der Waals surface area contributed by atoms with Crippen molar-refractivity contribution in [2.45, 2.75) is 13.0 Å². The highest BCUT2D eigenvalue weighted by atomic mass is 15.3. The van der Waals surface area contributed by atoms with E-state index in [2.05, 4.69) is 20.3 Å². The van der Waals surface area contributed by atoms with Crippen LogP contribution in [0.2, 0.25) is 0 Å². The van der Waals surface area contributed by atoms with Crippen LogP contribution in [-0.2, 0) is 0 Å². The molecule has 0 saturated heterocycles. The highest BCUT2D eigenvalue weighted by Crippen LogP contribution is 2.17. The standard InChI is InChI=1S/C12H12N6/c1-10(18-7-3-6-15-18)12-16-14-9-17(12)11-4-2-5-13-8-11/h2-10H,1H3/t10-/m0/s1. The molecule has 3 heterocycles. The minimum absolute atomic E-state index is 0.0164. The molecular formula is C12H12N6. The Morgan fingerprint density at radius 2 is 2.17 bits per heavy atom. The van der Waals surface area contributed by atoms with Crippen LogP contribution in [0.15, 0.2) is 49.3 Å². The van der Waals surface area contributed by atoms with Gasteiger partial charge in [-0.3, -0.25) is 14.2 Å². The van der Waals surface area contributed by atoms with Crippen molar-refractivity contribution in [3.63, 3.8) is 0 Å². The minimum Gasteiger partial charge on any atom is -0.282 e. The van der Waals surface area contributed by atoms with Gasteiger partial charge in [0.15, 0.2) is 5.82 Å². The second-order valence-electron chi connectivity index (χ2n) is 3.93. The fourth-order valence-electron chi connectivity index (χ4n) is 1.85. The summed E-state index contributed by atoms with van der Waals surface area (Å²) in [4.78, 5) is 4.11. The van der Waals surface area contributed by atoms with E-state index in [1.807, 2.05) is 40.6 Å². The molecular weight excluding hydrogens is 228 g/mol. The van der Waals surface area contributed by atoms with E-state index in [1.54, 1.807) is 24.9 Å². The van der Waals surface area contributed by atoms with E-state index >= 15 is 0 Å². The van der Waals surface area contributed by atoms with Gasteiger partial charge in [-0.1, -0.05) is 0 Å². The molecule has 0 aromatic carbocycles. The van der Waals surface area contributed by atoms with Crippen molar-refractivity contribution >= 4 is 0 Å². The van der Waals surface area contributed by atoms with Crippen molar-refractivity contribution in [3.8, 4) is 5.69 Å². The first-order valence-corrected chi connectivity index (χ1v) is 5.65. The highest BCUT2D eigenvalue weighted by Gasteiger charge is 2.15. The van der Waals surface area contributed by atoms with Crippen molar-refractivity contribution in [1.82, 2.24) is 29.5 Å². The van der Waals surface area contributed by atoms with Crippen molar-refractivity contribution in [2.24, 2.45) is 0 Å². The van der Waals surface area contributed by atoms with Crippen molar-refractivity contribution in [3.05, 3.63) is 55.1 Å². The molecule has 0 spiro atoms. The number of pyridine rings is 1. The second kappa shape index (κ2) is 4.40. The lowest BCUT2D eigenvalue weighted by Gasteiger charge is -2.13. The van der Waals surface area contributed by atoms with Crippen LogP contribution in [-0.4, -0.2) is 29.5 Å². The number of hydrogen-bond donors (Lipinski definition) is 0. The zero-order valence-corrected chi connectivity index (χ0v) is 9.88. The molecule has 0 aliphatic heterocycles. The molecule has 3 rings (SSSR count). The van der Waals surface area contributed by atoms with Crippen LogP contribution in [0.3, 0.4) is 0 Å². The van der Waals surface area contributed by atoms with Gasteiger partial charge in [-0.2, -0.15) is 5.10 Å². The Kier molecular flexibility index (Phi) is 2.60. The van der Waals surface area contributed by atoms with Crippen LogP contribution in [0.25, 0.3) is 5.69 Å². The second-order valence-corrected chi connectivity index (χ2v) is 3.93. The molecule has 3 aromatic heterocycles. The molecule has 18 heavy (non-hydrogen) atoms. The summed E-state index contributed by atoms with van der Waals surface area (Å²) in [6.45, 7) is 2.03. The third-order valence-corrected chi connectivity index (χ3v) is 2.79. The van der Waals surface area contributed by atoms with E-state index in [0.29, 0.717) is 0 Å². The van der Waals surface area contributed by atoms with Gasteiger partial charge in [-0.05, 0) is 25.1 Å². The van der Waals surface area contributed by atoms with Crippen LogP contribution in [0.1, 0.15) is 18.8 Å². The molecule has 0 amide bonds. The first-order chi connectivity index (χ1) is 8.86. The fourth-order valence-corrected chi connectivity index (χ4v) is 1.85. The molecule has 0 bridgehead atoms. The first-order valence-electron chi connectivity index (χ1n) is 5.65. The lowest BCUT2D eigenvalue weighted by atomic mass is 10.3. The summed E-state index contributed by atoms with van der Waals surface area (Å²) in [6, 6.07) is 5.76. The Labute approximate surface area is 104 Å². The van der Waals surface area contributed by atoms with Gasteiger partial charge in [0.2, 0.25) is 0 Å². The average Bonchev–Trinajstić information content (AvgIpc) is 3.10. The summed E-state index contributed by atoms with van der Waals surface area (Å²) in [6.07, 6.45) is 8.87. The molecule has 3 aromatic rings. The third kappa shape index (κ3) is 1.77. The SMILES string of the molecule is C[C@@H](c1nncn1-c1cccnc1)n1cccn1. The van der Waals surface area contributed by atoms with Crippen LogP contribution < -0.4 is 0 Å². The Balaban J connectivity index is 2.02. The van der Waals surface area contributed by atoms with Gasteiger partial charge < -0.3 is 0 Å². The van der Waals surface area contributed by atoms with Crippen molar-refractivity contribution < 1.29 is 0 Å². The zero-order chi connectivity index (χ0) is 12.4. The van der Waals surface area contributed by atoms with E-state index in [9.17, 15) is 0 Å². The Morgan fingerprint density at radius 1 is 1.22 bits per heavy atom. The summed E-state index contributed by atoms with van der Waals surface area (Å²) in [7, 11) is 0. The Bertz CT molecular complexity index is 613. The minimum atomic E-state index is 0.0164. The van der Waals surface area contributed by atoms with Gasteiger partial charge in [-0.25, -0.2) is 0 Å². The maximum atomic E-state index is 4.23. The lowest BCUT2D eigenvalue weighted by Crippen LogP contribution is -2.13. The predicted molar refractivity (Wildman–Crippen MR) is 65.2 cm³/mol. The average molecular weight is 240 g/mol. The van der Waals surface area contributed by atoms with Crippen LogP contribution in [0, 0.1) is 0 Å². The molecule has 6 heteroatoms. The molecule has 0 fully saturated rings. The van der Waals surface area contributed by atoms with Crippen LogP contribution in [0.5, 0.6) is 0 Å². The first kappa shape index (κ1) is 10.6. The third-order valence-electron chi connectivity index (χ3n) is 2.79. The summed E-state index contributed by atoms with van der Waals surface area (Å²) in [5.41, 5.74) is 0.941. The van der Waals surface area contributed by atoms with E-state index < -0.39 is 0 Å². The summed E-state index contributed by atoms with van der Waals surface area (Å²) in [5, 5.41) is 12.4. The van der Waals surface area contributed by atoms with Crippen molar-refractivity contribution in [1.29, 1.82) is 0 Å². The molecule has 90 valence electrons. The van der Waals surface area contributed by atoms with Gasteiger partial charge >= 0.3 is 0 Å². The highest BCUT2D eigenvalue weighted by molar-refractivity contribution is 5.29. The number of aromatic nitrogens is 6. The lowest BCUT2D eigenvalue weighted by molar-refractivity contribution is 0.528. The monoisotopic (exact) mass is 240 g/mol. The number of nitrogens with zero attached hydrogens (tertiary/aromatic N) is 6. The molecule has 0 radical (unpaired) electrons. The fraction of sp³-hybridized carbons (Fsp3) is 0.167. The van der Waals surface area contributed by atoms with Crippen molar-refractivity contribution in [2.75, 3.05) is 0 Å². The molecule has 6 nitrogen and oxygen atoms in total. The van der Waals surface area contributed by atoms with Gasteiger partial charge in [0.25, 0.3) is 0 Å². The molecule has 0 aliphatic rings. The summed E-state index contributed by atoms with van der Waals surface area (Å²) in [5.74, 6) is 0.826. The number of rotatable bonds is 3. The summed E-state index contributed by atoms with van der Waals surface area (Å²) >= 11 is 0. The number of hydrogen-bond acceptors (Lipinski definition) is 4. The van der Waals surface area contributed by atoms with E-state index in [1.165, 1.54) is 0 Å².